The van der Waals surface area contributed by atoms with Gasteiger partial charge in [0.1, 0.15) is 10.9 Å². The molecule has 150 valence electrons. The van der Waals surface area contributed by atoms with Gasteiger partial charge < -0.3 is 15.4 Å². The lowest BCUT2D eigenvalue weighted by atomic mass is 10.1. The highest BCUT2D eigenvalue weighted by atomic mass is 35.5. The molecule has 1 atom stereocenters. The molecule has 0 fully saturated rings. The molecular weight excluding hydrogens is 412 g/mol. The quantitative estimate of drug-likeness (QED) is 0.564. The van der Waals surface area contributed by atoms with Crippen LogP contribution in [-0.4, -0.2) is 37.5 Å². The first kappa shape index (κ1) is 20.8. The molecule has 6 nitrogen and oxygen atoms in total. The van der Waals surface area contributed by atoms with Crippen molar-refractivity contribution in [2.24, 2.45) is 0 Å². The lowest BCUT2D eigenvalue weighted by molar-refractivity contribution is -0.144. The van der Waals surface area contributed by atoms with E-state index in [9.17, 15) is 14.4 Å². The first-order valence-electron chi connectivity index (χ1n) is 8.86. The van der Waals surface area contributed by atoms with Gasteiger partial charge in [-0.1, -0.05) is 60.1 Å². The zero-order valence-corrected chi connectivity index (χ0v) is 17.2. The zero-order valence-electron chi connectivity index (χ0n) is 15.6. The van der Waals surface area contributed by atoms with E-state index in [1.54, 1.807) is 0 Å². The maximum atomic E-state index is 12.4. The number of fused-ring (bicyclic) bond motifs is 1. The minimum absolute atomic E-state index is 0.286. The van der Waals surface area contributed by atoms with Gasteiger partial charge in [0.25, 0.3) is 5.91 Å². The average Bonchev–Trinajstić information content (AvgIpc) is 3.08. The Kier molecular flexibility index (Phi) is 6.85. The van der Waals surface area contributed by atoms with Crippen LogP contribution in [0, 0.1) is 0 Å². The van der Waals surface area contributed by atoms with Crippen molar-refractivity contribution >= 4 is 50.8 Å². The number of amides is 2. The molecule has 0 spiro atoms. The molecule has 0 saturated carbocycles. The smallest absolute Gasteiger partial charge is 0.328 e. The predicted molar refractivity (Wildman–Crippen MR) is 113 cm³/mol. The SMILES string of the molecule is COC(=O)[C@H](Cc1ccccc1)NC(=O)CNC(=O)c1sc2ccccc2c1Cl. The van der Waals surface area contributed by atoms with Gasteiger partial charge in [-0.15, -0.1) is 11.3 Å². The van der Waals surface area contributed by atoms with E-state index >= 15 is 0 Å². The van der Waals surface area contributed by atoms with E-state index in [-0.39, 0.29) is 13.0 Å². The number of rotatable bonds is 7. The van der Waals surface area contributed by atoms with Crippen LogP contribution in [0.3, 0.4) is 0 Å². The third-order valence-electron chi connectivity index (χ3n) is 4.25. The van der Waals surface area contributed by atoms with Crippen molar-refractivity contribution in [1.82, 2.24) is 10.6 Å². The van der Waals surface area contributed by atoms with E-state index in [1.165, 1.54) is 18.4 Å². The average molecular weight is 431 g/mol. The lowest BCUT2D eigenvalue weighted by Gasteiger charge is -2.16. The van der Waals surface area contributed by atoms with Crippen LogP contribution in [0.2, 0.25) is 5.02 Å². The van der Waals surface area contributed by atoms with Gasteiger partial charge >= 0.3 is 5.97 Å². The van der Waals surface area contributed by atoms with Crippen LogP contribution in [0.1, 0.15) is 15.2 Å². The van der Waals surface area contributed by atoms with Crippen LogP contribution in [0.25, 0.3) is 10.1 Å². The van der Waals surface area contributed by atoms with Gasteiger partial charge in [0.2, 0.25) is 5.91 Å². The zero-order chi connectivity index (χ0) is 20.8. The van der Waals surface area contributed by atoms with E-state index in [4.69, 9.17) is 16.3 Å². The van der Waals surface area contributed by atoms with Crippen LogP contribution in [0.5, 0.6) is 0 Å². The van der Waals surface area contributed by atoms with Gasteiger partial charge in [-0.05, 0) is 11.6 Å². The van der Waals surface area contributed by atoms with Gasteiger partial charge in [-0.2, -0.15) is 0 Å². The number of carbonyl (C=O) groups is 3. The summed E-state index contributed by atoms with van der Waals surface area (Å²) < 4.78 is 5.66. The minimum atomic E-state index is -0.847. The normalized spacial score (nSPS) is 11.7. The van der Waals surface area contributed by atoms with Crippen molar-refractivity contribution in [3.63, 3.8) is 0 Å². The highest BCUT2D eigenvalue weighted by Gasteiger charge is 2.23. The van der Waals surface area contributed by atoms with Crippen LogP contribution < -0.4 is 10.6 Å². The Hall–Kier alpha value is -2.90. The summed E-state index contributed by atoms with van der Waals surface area (Å²) >= 11 is 7.55. The third kappa shape index (κ3) is 5.13. The van der Waals surface area contributed by atoms with E-state index in [0.717, 1.165) is 15.6 Å². The van der Waals surface area contributed by atoms with E-state index in [2.05, 4.69) is 10.6 Å². The van der Waals surface area contributed by atoms with Gasteiger partial charge in [-0.25, -0.2) is 4.79 Å². The molecule has 8 heteroatoms. The first-order valence-corrected chi connectivity index (χ1v) is 10.1. The van der Waals surface area contributed by atoms with Crippen molar-refractivity contribution in [2.75, 3.05) is 13.7 Å². The summed E-state index contributed by atoms with van der Waals surface area (Å²) in [5.74, 6) is -1.49. The Morgan fingerprint density at radius 2 is 1.76 bits per heavy atom. The number of benzene rings is 2. The van der Waals surface area contributed by atoms with Crippen LogP contribution in [-0.2, 0) is 20.7 Å². The fraction of sp³-hybridized carbons (Fsp3) is 0.190. The highest BCUT2D eigenvalue weighted by Crippen LogP contribution is 2.34. The molecule has 0 aliphatic rings. The number of hydrogen-bond acceptors (Lipinski definition) is 5. The summed E-state index contributed by atoms with van der Waals surface area (Å²) in [7, 11) is 1.26. The monoisotopic (exact) mass is 430 g/mol. The number of methoxy groups -OCH3 is 1. The van der Waals surface area contributed by atoms with Crippen molar-refractivity contribution in [3.05, 3.63) is 70.1 Å². The maximum absolute atomic E-state index is 12.4. The molecule has 29 heavy (non-hydrogen) atoms. The van der Waals surface area contributed by atoms with Gasteiger partial charge in [0.05, 0.1) is 18.7 Å². The number of ether oxygens (including phenoxy) is 1. The summed E-state index contributed by atoms with van der Waals surface area (Å²) in [5.41, 5.74) is 0.879. The molecule has 3 rings (SSSR count). The predicted octanol–water partition coefficient (Wildman–Crippen LogP) is 3.19. The molecule has 0 aliphatic carbocycles. The molecule has 3 aromatic rings. The Morgan fingerprint density at radius 3 is 2.45 bits per heavy atom. The summed E-state index contributed by atoms with van der Waals surface area (Å²) in [4.78, 5) is 37.1. The van der Waals surface area contributed by atoms with Gasteiger partial charge in [0, 0.05) is 16.5 Å². The first-order chi connectivity index (χ1) is 14.0. The Labute approximate surface area is 176 Å². The third-order valence-corrected chi connectivity index (χ3v) is 5.93. The topological polar surface area (TPSA) is 84.5 Å². The molecule has 0 unspecified atom stereocenters. The Bertz CT molecular complexity index is 1040. The maximum Gasteiger partial charge on any atom is 0.328 e. The van der Waals surface area contributed by atoms with E-state index in [1.807, 2.05) is 54.6 Å². The van der Waals surface area contributed by atoms with Gasteiger partial charge in [-0.3, -0.25) is 9.59 Å². The number of hydrogen-bond donors (Lipinski definition) is 2. The van der Waals surface area contributed by atoms with Crippen molar-refractivity contribution in [2.45, 2.75) is 12.5 Å². The van der Waals surface area contributed by atoms with E-state index < -0.39 is 23.8 Å². The Balaban J connectivity index is 1.61. The Morgan fingerprint density at radius 1 is 1.07 bits per heavy atom. The highest BCUT2D eigenvalue weighted by molar-refractivity contribution is 7.21. The summed E-state index contributed by atoms with van der Waals surface area (Å²) in [6.07, 6.45) is 0.287. The molecule has 0 radical (unpaired) electrons. The summed E-state index contributed by atoms with van der Waals surface area (Å²) in [6.45, 7) is -0.286. The minimum Gasteiger partial charge on any atom is -0.467 e. The second-order valence-corrected chi connectivity index (χ2v) is 7.69. The number of nitrogens with one attached hydrogen (secondary N) is 2. The molecule has 2 aromatic carbocycles. The fourth-order valence-electron chi connectivity index (χ4n) is 2.83. The van der Waals surface area contributed by atoms with Crippen molar-refractivity contribution < 1.29 is 19.1 Å². The van der Waals surface area contributed by atoms with Gasteiger partial charge in [0.15, 0.2) is 0 Å². The number of halogens is 1. The molecule has 1 aromatic heterocycles. The second-order valence-electron chi connectivity index (χ2n) is 6.26. The standard InChI is InChI=1S/C21H19ClN2O4S/c1-28-21(27)15(11-13-7-3-2-4-8-13)24-17(25)12-23-20(26)19-18(22)14-9-5-6-10-16(14)29-19/h2-10,15H,11-12H2,1H3,(H,23,26)(H,24,25)/t15-/m0/s1. The number of carbonyl (C=O) groups excluding carboxylic acids is 3. The van der Waals surface area contributed by atoms with Crippen LogP contribution >= 0.6 is 22.9 Å². The number of esters is 1. The largest absolute Gasteiger partial charge is 0.467 e. The second kappa shape index (κ2) is 9.54. The van der Waals surface area contributed by atoms with Crippen LogP contribution in [0.4, 0.5) is 0 Å². The lowest BCUT2D eigenvalue weighted by Crippen LogP contribution is -2.47. The number of thiophene rings is 1. The molecule has 0 saturated heterocycles. The molecule has 1 heterocycles. The molecule has 0 bridgehead atoms. The van der Waals surface area contributed by atoms with Crippen molar-refractivity contribution in [3.8, 4) is 0 Å². The fourth-order valence-corrected chi connectivity index (χ4v) is 4.26. The summed E-state index contributed by atoms with van der Waals surface area (Å²) in [5, 5.41) is 6.31. The summed E-state index contributed by atoms with van der Waals surface area (Å²) in [6, 6.07) is 15.8. The van der Waals surface area contributed by atoms with Crippen molar-refractivity contribution in [1.29, 1.82) is 0 Å². The molecular formula is C21H19ClN2O4S. The van der Waals surface area contributed by atoms with Crippen LogP contribution in [0.15, 0.2) is 54.6 Å². The molecule has 0 aliphatic heterocycles. The van der Waals surface area contributed by atoms with E-state index in [0.29, 0.717) is 9.90 Å². The molecule has 2 N–H and O–H groups in total. The molecule has 2 amide bonds.